The van der Waals surface area contributed by atoms with E-state index in [0.29, 0.717) is 5.92 Å². The zero-order valence-corrected chi connectivity index (χ0v) is 12.1. The summed E-state index contributed by atoms with van der Waals surface area (Å²) in [5.74, 6) is 0.602. The molecule has 2 aliphatic carbocycles. The average Bonchev–Trinajstić information content (AvgIpc) is 2.48. The lowest BCUT2D eigenvalue weighted by Gasteiger charge is -2.33. The third kappa shape index (κ3) is 3.29. The molecule has 2 fully saturated rings. The molecule has 2 aliphatic rings. The van der Waals surface area contributed by atoms with Crippen LogP contribution in [0, 0.1) is 22.7 Å². The van der Waals surface area contributed by atoms with Crippen LogP contribution in [0.5, 0.6) is 0 Å². The summed E-state index contributed by atoms with van der Waals surface area (Å²) in [4.78, 5) is 12.5. The molecule has 1 unspecified atom stereocenters. The molecule has 3 nitrogen and oxygen atoms in total. The van der Waals surface area contributed by atoms with Crippen molar-refractivity contribution >= 4 is 5.91 Å². The molecule has 19 heavy (non-hydrogen) atoms. The molecule has 0 aromatic heterocycles. The van der Waals surface area contributed by atoms with E-state index in [1.807, 2.05) is 0 Å². The minimum absolute atomic E-state index is 0.00669. The van der Waals surface area contributed by atoms with Gasteiger partial charge in [0.2, 0.25) is 5.91 Å². The molecule has 0 bridgehead atoms. The van der Waals surface area contributed by atoms with Crippen molar-refractivity contribution in [3.63, 3.8) is 0 Å². The van der Waals surface area contributed by atoms with Gasteiger partial charge >= 0.3 is 0 Å². The average molecular weight is 262 g/mol. The predicted octanol–water partition coefficient (Wildman–Crippen LogP) is 3.55. The summed E-state index contributed by atoms with van der Waals surface area (Å²) in [5, 5.41) is 12.6. The number of hydrogen-bond donors (Lipinski definition) is 1. The van der Waals surface area contributed by atoms with Crippen molar-refractivity contribution in [2.24, 2.45) is 11.3 Å². The van der Waals surface area contributed by atoms with Crippen LogP contribution < -0.4 is 5.32 Å². The second kappa shape index (κ2) is 6.41. The Labute approximate surface area is 116 Å². The largest absolute Gasteiger partial charge is 0.352 e. The lowest BCUT2D eigenvalue weighted by Crippen LogP contribution is -2.47. The van der Waals surface area contributed by atoms with Gasteiger partial charge in [-0.1, -0.05) is 38.5 Å². The van der Waals surface area contributed by atoms with E-state index in [1.54, 1.807) is 0 Å². The summed E-state index contributed by atoms with van der Waals surface area (Å²) in [6.07, 6.45) is 11.0. The molecular weight excluding hydrogens is 236 g/mol. The Kier molecular flexibility index (Phi) is 4.85. The molecule has 0 aromatic carbocycles. The van der Waals surface area contributed by atoms with Gasteiger partial charge in [-0.25, -0.2) is 0 Å². The van der Waals surface area contributed by atoms with Gasteiger partial charge in [0, 0.05) is 6.04 Å². The SMILES string of the molecule is CC(NC(=O)C1(C#N)CCCCC1)C1CCCCC1. The maximum Gasteiger partial charge on any atom is 0.240 e. The van der Waals surface area contributed by atoms with Crippen molar-refractivity contribution < 1.29 is 4.79 Å². The topological polar surface area (TPSA) is 52.9 Å². The van der Waals surface area contributed by atoms with Gasteiger partial charge in [-0.2, -0.15) is 5.26 Å². The number of nitriles is 1. The van der Waals surface area contributed by atoms with Crippen LogP contribution in [0.2, 0.25) is 0 Å². The van der Waals surface area contributed by atoms with Crippen LogP contribution in [0.1, 0.15) is 71.1 Å². The zero-order valence-electron chi connectivity index (χ0n) is 12.1. The van der Waals surface area contributed by atoms with E-state index < -0.39 is 5.41 Å². The van der Waals surface area contributed by atoms with Crippen molar-refractivity contribution in [2.45, 2.75) is 77.2 Å². The van der Waals surface area contributed by atoms with E-state index in [4.69, 9.17) is 0 Å². The highest BCUT2D eigenvalue weighted by molar-refractivity contribution is 5.85. The summed E-state index contributed by atoms with van der Waals surface area (Å²) in [6, 6.07) is 2.54. The molecule has 0 radical (unpaired) electrons. The maximum absolute atomic E-state index is 12.5. The second-order valence-electron chi connectivity index (χ2n) is 6.41. The standard InChI is InChI=1S/C16H26N2O/c1-13(14-8-4-2-5-9-14)18-15(19)16(12-17)10-6-3-7-11-16/h13-14H,2-11H2,1H3,(H,18,19). The number of rotatable bonds is 3. The van der Waals surface area contributed by atoms with Crippen LogP contribution in [0.15, 0.2) is 0 Å². The van der Waals surface area contributed by atoms with E-state index in [1.165, 1.54) is 32.1 Å². The fourth-order valence-corrected chi connectivity index (χ4v) is 3.64. The highest BCUT2D eigenvalue weighted by Gasteiger charge is 2.40. The molecular formula is C16H26N2O. The molecule has 1 N–H and O–H groups in total. The predicted molar refractivity (Wildman–Crippen MR) is 75.3 cm³/mol. The van der Waals surface area contributed by atoms with E-state index in [2.05, 4.69) is 18.3 Å². The molecule has 2 rings (SSSR count). The number of nitrogens with zero attached hydrogens (tertiary/aromatic N) is 1. The van der Waals surface area contributed by atoms with E-state index >= 15 is 0 Å². The Morgan fingerprint density at radius 1 is 1.16 bits per heavy atom. The fourth-order valence-electron chi connectivity index (χ4n) is 3.64. The molecule has 3 heteroatoms. The normalized spacial score (nSPS) is 25.3. The number of amides is 1. The number of carbonyl (C=O) groups excluding carboxylic acids is 1. The van der Waals surface area contributed by atoms with Crippen LogP contribution in [-0.2, 0) is 4.79 Å². The van der Waals surface area contributed by atoms with Crippen molar-refractivity contribution in [1.82, 2.24) is 5.32 Å². The first kappa shape index (κ1) is 14.4. The van der Waals surface area contributed by atoms with Crippen LogP contribution in [-0.4, -0.2) is 11.9 Å². The Morgan fingerprint density at radius 3 is 2.32 bits per heavy atom. The molecule has 1 amide bonds. The van der Waals surface area contributed by atoms with Gasteiger partial charge in [0.05, 0.1) is 6.07 Å². The summed E-state index contributed by atoms with van der Waals surface area (Å²) < 4.78 is 0. The Morgan fingerprint density at radius 2 is 1.74 bits per heavy atom. The van der Waals surface area contributed by atoms with Crippen molar-refractivity contribution in [2.75, 3.05) is 0 Å². The first-order chi connectivity index (χ1) is 9.18. The zero-order chi connectivity index (χ0) is 13.7. The van der Waals surface area contributed by atoms with E-state index in [9.17, 15) is 10.1 Å². The van der Waals surface area contributed by atoms with Gasteiger partial charge in [-0.05, 0) is 38.5 Å². The van der Waals surface area contributed by atoms with E-state index in [0.717, 1.165) is 32.1 Å². The highest BCUT2D eigenvalue weighted by Crippen LogP contribution is 2.36. The highest BCUT2D eigenvalue weighted by atomic mass is 16.2. The number of nitrogens with one attached hydrogen (secondary N) is 1. The van der Waals surface area contributed by atoms with Gasteiger partial charge in [0.1, 0.15) is 5.41 Å². The molecule has 0 saturated heterocycles. The maximum atomic E-state index is 12.5. The summed E-state index contributed by atoms with van der Waals surface area (Å²) in [6.45, 7) is 2.11. The first-order valence-electron chi connectivity index (χ1n) is 7.90. The monoisotopic (exact) mass is 262 g/mol. The summed E-state index contributed by atoms with van der Waals surface area (Å²) >= 11 is 0. The van der Waals surface area contributed by atoms with Crippen LogP contribution in [0.3, 0.4) is 0 Å². The second-order valence-corrected chi connectivity index (χ2v) is 6.41. The van der Waals surface area contributed by atoms with Crippen molar-refractivity contribution in [1.29, 1.82) is 5.26 Å². The molecule has 0 aromatic rings. The fraction of sp³-hybridized carbons (Fsp3) is 0.875. The lowest BCUT2D eigenvalue weighted by molar-refractivity contribution is -0.130. The minimum Gasteiger partial charge on any atom is -0.352 e. The summed E-state index contributed by atoms with van der Waals surface area (Å²) in [7, 11) is 0. The van der Waals surface area contributed by atoms with E-state index in [-0.39, 0.29) is 11.9 Å². The molecule has 0 spiro atoms. The Hall–Kier alpha value is -1.04. The molecule has 1 atom stereocenters. The smallest absolute Gasteiger partial charge is 0.240 e. The molecule has 0 aliphatic heterocycles. The molecule has 2 saturated carbocycles. The van der Waals surface area contributed by atoms with Gasteiger partial charge in [-0.3, -0.25) is 4.79 Å². The third-order valence-corrected chi connectivity index (χ3v) is 5.07. The quantitative estimate of drug-likeness (QED) is 0.845. The minimum atomic E-state index is -0.735. The number of carbonyl (C=O) groups is 1. The van der Waals surface area contributed by atoms with Crippen molar-refractivity contribution in [3.05, 3.63) is 0 Å². The van der Waals surface area contributed by atoms with Gasteiger partial charge < -0.3 is 5.32 Å². The van der Waals surface area contributed by atoms with Crippen LogP contribution >= 0.6 is 0 Å². The van der Waals surface area contributed by atoms with Crippen LogP contribution in [0.4, 0.5) is 0 Å². The third-order valence-electron chi connectivity index (χ3n) is 5.07. The summed E-state index contributed by atoms with van der Waals surface area (Å²) in [5.41, 5.74) is -0.735. The molecule has 0 heterocycles. The van der Waals surface area contributed by atoms with Crippen LogP contribution in [0.25, 0.3) is 0 Å². The molecule has 106 valence electrons. The van der Waals surface area contributed by atoms with Gasteiger partial charge in [0.25, 0.3) is 0 Å². The Bertz CT molecular complexity index is 346. The lowest BCUT2D eigenvalue weighted by atomic mass is 9.74. The van der Waals surface area contributed by atoms with Gasteiger partial charge in [0.15, 0.2) is 0 Å². The van der Waals surface area contributed by atoms with Crippen molar-refractivity contribution in [3.8, 4) is 6.07 Å². The number of hydrogen-bond acceptors (Lipinski definition) is 2. The Balaban J connectivity index is 1.93. The van der Waals surface area contributed by atoms with Gasteiger partial charge in [-0.15, -0.1) is 0 Å². The first-order valence-corrected chi connectivity index (χ1v) is 7.90.